The summed E-state index contributed by atoms with van der Waals surface area (Å²) in [5.74, 6) is 0.151. The smallest absolute Gasteiger partial charge is 0.349 e. The van der Waals surface area contributed by atoms with Crippen molar-refractivity contribution in [3.8, 4) is 0 Å². The highest BCUT2D eigenvalue weighted by Crippen LogP contribution is 2.03. The number of aryl methyl sites for hydroxylation is 1. The van der Waals surface area contributed by atoms with Gasteiger partial charge in [-0.05, 0) is 38.3 Å². The van der Waals surface area contributed by atoms with Gasteiger partial charge in [-0.1, -0.05) is 0 Å². The Morgan fingerprint density at radius 3 is 2.70 bits per heavy atom. The van der Waals surface area contributed by atoms with Gasteiger partial charge in [-0.25, -0.2) is 9.59 Å². The summed E-state index contributed by atoms with van der Waals surface area (Å²) in [6.45, 7) is 1.18. The van der Waals surface area contributed by atoms with Crippen LogP contribution in [0.5, 0.6) is 0 Å². The van der Waals surface area contributed by atoms with Gasteiger partial charge in [0.15, 0.2) is 0 Å². The van der Waals surface area contributed by atoms with Crippen molar-refractivity contribution in [2.24, 2.45) is 17.2 Å². The second-order valence-electron chi connectivity index (χ2n) is 4.61. The van der Waals surface area contributed by atoms with Gasteiger partial charge < -0.3 is 17.2 Å². The third kappa shape index (κ3) is 5.81. The quantitative estimate of drug-likeness (QED) is 0.512. The van der Waals surface area contributed by atoms with Crippen LogP contribution in [-0.2, 0) is 6.54 Å². The highest BCUT2D eigenvalue weighted by molar-refractivity contribution is 5.86. The number of nitrogens with zero attached hydrogens (tertiary/aromatic N) is 2. The SMILES string of the molecule is NCCCC(N)CCCn1ccc(NC(N)=O)nc1=O. The van der Waals surface area contributed by atoms with E-state index in [1.165, 1.54) is 10.6 Å². The average Bonchev–Trinajstić information content (AvgIpc) is 2.38. The summed E-state index contributed by atoms with van der Waals surface area (Å²) in [5, 5.41) is 2.25. The van der Waals surface area contributed by atoms with Crippen LogP contribution in [0.4, 0.5) is 10.6 Å². The molecule has 1 heterocycles. The third-order valence-corrected chi connectivity index (χ3v) is 2.88. The van der Waals surface area contributed by atoms with Crippen LogP contribution in [0.25, 0.3) is 0 Å². The molecule has 1 unspecified atom stereocenters. The Labute approximate surface area is 117 Å². The van der Waals surface area contributed by atoms with E-state index >= 15 is 0 Å². The minimum atomic E-state index is -0.750. The second-order valence-corrected chi connectivity index (χ2v) is 4.61. The first-order chi connectivity index (χ1) is 9.52. The van der Waals surface area contributed by atoms with E-state index in [0.29, 0.717) is 13.1 Å². The summed E-state index contributed by atoms with van der Waals surface area (Å²) in [7, 11) is 0. The van der Waals surface area contributed by atoms with E-state index < -0.39 is 11.7 Å². The minimum Gasteiger partial charge on any atom is -0.351 e. The Balaban J connectivity index is 2.44. The number of urea groups is 1. The lowest BCUT2D eigenvalue weighted by molar-refractivity contribution is 0.259. The van der Waals surface area contributed by atoms with Crippen LogP contribution < -0.4 is 28.2 Å². The predicted molar refractivity (Wildman–Crippen MR) is 77.2 cm³/mol. The van der Waals surface area contributed by atoms with Crippen molar-refractivity contribution < 1.29 is 4.79 Å². The van der Waals surface area contributed by atoms with Gasteiger partial charge in [0, 0.05) is 18.8 Å². The van der Waals surface area contributed by atoms with Crippen molar-refractivity contribution in [1.29, 1.82) is 0 Å². The summed E-state index contributed by atoms with van der Waals surface area (Å²) in [6, 6.07) is 0.888. The Hall–Kier alpha value is -1.93. The van der Waals surface area contributed by atoms with Crippen molar-refractivity contribution in [2.45, 2.75) is 38.3 Å². The Kier molecular flexibility index (Phi) is 6.68. The van der Waals surface area contributed by atoms with E-state index in [-0.39, 0.29) is 11.9 Å². The summed E-state index contributed by atoms with van der Waals surface area (Å²) >= 11 is 0. The van der Waals surface area contributed by atoms with Crippen molar-refractivity contribution in [3.63, 3.8) is 0 Å². The summed E-state index contributed by atoms with van der Waals surface area (Å²) in [4.78, 5) is 26.0. The zero-order valence-electron chi connectivity index (χ0n) is 11.4. The first kappa shape index (κ1) is 16.1. The molecule has 8 nitrogen and oxygen atoms in total. The number of primary amides is 1. The number of anilines is 1. The fourth-order valence-corrected chi connectivity index (χ4v) is 1.84. The zero-order chi connectivity index (χ0) is 15.0. The van der Waals surface area contributed by atoms with E-state index in [1.807, 2.05) is 0 Å². The van der Waals surface area contributed by atoms with Gasteiger partial charge in [0.1, 0.15) is 5.82 Å². The Morgan fingerprint density at radius 2 is 2.10 bits per heavy atom. The summed E-state index contributed by atoms with van der Waals surface area (Å²) < 4.78 is 1.47. The molecule has 0 aromatic carbocycles. The molecule has 20 heavy (non-hydrogen) atoms. The molecule has 1 atom stereocenters. The number of nitrogens with two attached hydrogens (primary N) is 3. The van der Waals surface area contributed by atoms with Crippen LogP contribution in [-0.4, -0.2) is 28.2 Å². The molecule has 0 saturated heterocycles. The molecule has 0 radical (unpaired) electrons. The molecule has 0 aliphatic carbocycles. The summed E-state index contributed by atoms with van der Waals surface area (Å²) in [5.41, 5.74) is 15.9. The predicted octanol–water partition coefficient (Wildman–Crippen LogP) is -0.420. The van der Waals surface area contributed by atoms with Crippen LogP contribution in [0.15, 0.2) is 17.1 Å². The topological polar surface area (TPSA) is 142 Å². The van der Waals surface area contributed by atoms with E-state index in [0.717, 1.165) is 25.7 Å². The number of aromatic nitrogens is 2. The van der Waals surface area contributed by atoms with Gasteiger partial charge in [-0.15, -0.1) is 0 Å². The molecule has 1 aromatic heterocycles. The molecular weight excluding hydrogens is 260 g/mol. The highest BCUT2D eigenvalue weighted by atomic mass is 16.2. The van der Waals surface area contributed by atoms with Gasteiger partial charge >= 0.3 is 11.7 Å². The van der Waals surface area contributed by atoms with Crippen molar-refractivity contribution in [3.05, 3.63) is 22.7 Å². The summed E-state index contributed by atoms with van der Waals surface area (Å²) in [6.07, 6.45) is 5.00. The second kappa shape index (κ2) is 8.28. The van der Waals surface area contributed by atoms with Gasteiger partial charge in [-0.2, -0.15) is 4.98 Å². The third-order valence-electron chi connectivity index (χ3n) is 2.88. The standard InChI is InChI=1S/C12H22N6O2/c13-6-1-3-9(14)4-2-7-18-8-5-10(16-11(15)19)17-12(18)20/h5,8-9H,1-4,6-7,13-14H2,(H3,15,16,17,19,20). The van der Waals surface area contributed by atoms with Crippen molar-refractivity contribution >= 4 is 11.8 Å². The number of nitrogens with one attached hydrogen (secondary N) is 1. The number of amides is 2. The molecule has 1 rings (SSSR count). The molecule has 0 aliphatic rings. The molecule has 112 valence electrons. The molecule has 0 spiro atoms. The van der Waals surface area contributed by atoms with Crippen molar-refractivity contribution in [2.75, 3.05) is 11.9 Å². The van der Waals surface area contributed by atoms with E-state index in [1.54, 1.807) is 6.20 Å². The first-order valence-corrected chi connectivity index (χ1v) is 6.62. The lowest BCUT2D eigenvalue weighted by Crippen LogP contribution is -2.27. The van der Waals surface area contributed by atoms with E-state index in [9.17, 15) is 9.59 Å². The molecule has 7 N–H and O–H groups in total. The van der Waals surface area contributed by atoms with Gasteiger partial charge in [-0.3, -0.25) is 9.88 Å². The molecule has 8 heteroatoms. The van der Waals surface area contributed by atoms with Crippen molar-refractivity contribution in [1.82, 2.24) is 9.55 Å². The molecular formula is C12H22N6O2. The van der Waals surface area contributed by atoms with Gasteiger partial charge in [0.05, 0.1) is 0 Å². The maximum atomic E-state index is 11.7. The van der Waals surface area contributed by atoms with Gasteiger partial charge in [0.2, 0.25) is 0 Å². The van der Waals surface area contributed by atoms with Crippen LogP contribution >= 0.6 is 0 Å². The van der Waals surface area contributed by atoms with Crippen LogP contribution in [0.2, 0.25) is 0 Å². The van der Waals surface area contributed by atoms with E-state index in [2.05, 4.69) is 10.3 Å². The van der Waals surface area contributed by atoms with E-state index in [4.69, 9.17) is 17.2 Å². The number of carbonyl (C=O) groups is 1. The Bertz CT molecular complexity index is 487. The normalized spacial score (nSPS) is 12.1. The molecule has 0 bridgehead atoms. The lowest BCUT2D eigenvalue weighted by Gasteiger charge is -2.11. The number of rotatable bonds is 8. The van der Waals surface area contributed by atoms with Gasteiger partial charge in [0.25, 0.3) is 0 Å². The zero-order valence-corrected chi connectivity index (χ0v) is 11.4. The molecule has 0 aliphatic heterocycles. The van der Waals surface area contributed by atoms with Crippen LogP contribution in [0.3, 0.4) is 0 Å². The highest BCUT2D eigenvalue weighted by Gasteiger charge is 2.04. The Morgan fingerprint density at radius 1 is 1.40 bits per heavy atom. The molecule has 1 aromatic rings. The number of hydrogen-bond donors (Lipinski definition) is 4. The number of hydrogen-bond acceptors (Lipinski definition) is 5. The minimum absolute atomic E-state index is 0.109. The maximum Gasteiger partial charge on any atom is 0.349 e. The monoisotopic (exact) mass is 282 g/mol. The average molecular weight is 282 g/mol. The number of carbonyl (C=O) groups excluding carboxylic acids is 1. The first-order valence-electron chi connectivity index (χ1n) is 6.62. The lowest BCUT2D eigenvalue weighted by atomic mass is 10.1. The maximum absolute atomic E-state index is 11.7. The largest absolute Gasteiger partial charge is 0.351 e. The van der Waals surface area contributed by atoms with Crippen LogP contribution in [0, 0.1) is 0 Å². The molecule has 2 amide bonds. The fraction of sp³-hybridized carbons (Fsp3) is 0.583. The molecule has 0 fully saturated rings. The molecule has 0 saturated carbocycles. The van der Waals surface area contributed by atoms with Crippen LogP contribution in [0.1, 0.15) is 25.7 Å². The fourth-order valence-electron chi connectivity index (χ4n) is 1.84.